The lowest BCUT2D eigenvalue weighted by Gasteiger charge is -2.34. The fourth-order valence-electron chi connectivity index (χ4n) is 3.94. The molecule has 8 heteroatoms. The second-order valence-corrected chi connectivity index (χ2v) is 9.43. The molecule has 0 unspecified atom stereocenters. The van der Waals surface area contributed by atoms with Crippen LogP contribution in [0.4, 0.5) is 0 Å². The van der Waals surface area contributed by atoms with Gasteiger partial charge in [0, 0.05) is 48.5 Å². The number of amides is 1. The highest BCUT2D eigenvalue weighted by Crippen LogP contribution is 2.33. The van der Waals surface area contributed by atoms with Crippen molar-refractivity contribution in [3.8, 4) is 10.4 Å². The molecular weight excluding hydrogens is 428 g/mol. The molecule has 1 aromatic carbocycles. The Hall–Kier alpha value is -2.81. The van der Waals surface area contributed by atoms with E-state index in [9.17, 15) is 9.59 Å². The molecule has 4 aromatic rings. The topological polar surface area (TPSA) is 58.4 Å². The van der Waals surface area contributed by atoms with Gasteiger partial charge >= 0.3 is 0 Å². The van der Waals surface area contributed by atoms with Gasteiger partial charge in [-0.05, 0) is 17.0 Å². The van der Waals surface area contributed by atoms with Gasteiger partial charge in [0.1, 0.15) is 11.4 Å². The molecule has 158 valence electrons. The van der Waals surface area contributed by atoms with Gasteiger partial charge in [-0.3, -0.25) is 19.1 Å². The van der Waals surface area contributed by atoms with Crippen LogP contribution in [-0.2, 0) is 17.9 Å². The van der Waals surface area contributed by atoms with E-state index in [1.54, 1.807) is 11.3 Å². The Labute approximate surface area is 188 Å². The van der Waals surface area contributed by atoms with Gasteiger partial charge in [-0.2, -0.15) is 0 Å². The Morgan fingerprint density at radius 3 is 2.55 bits per heavy atom. The first-order valence-corrected chi connectivity index (χ1v) is 12.0. The lowest BCUT2D eigenvalue weighted by atomic mass is 10.2. The van der Waals surface area contributed by atoms with Gasteiger partial charge in [0.05, 0.1) is 11.7 Å². The zero-order valence-corrected chi connectivity index (χ0v) is 18.6. The van der Waals surface area contributed by atoms with Crippen molar-refractivity contribution in [1.29, 1.82) is 0 Å². The predicted molar refractivity (Wildman–Crippen MR) is 125 cm³/mol. The molecule has 3 aromatic heterocycles. The first kappa shape index (κ1) is 20.1. The van der Waals surface area contributed by atoms with E-state index in [0.717, 1.165) is 30.1 Å². The maximum Gasteiger partial charge on any atom is 0.263 e. The molecule has 31 heavy (non-hydrogen) atoms. The van der Waals surface area contributed by atoms with Gasteiger partial charge in [0.2, 0.25) is 5.91 Å². The van der Waals surface area contributed by atoms with Crippen LogP contribution in [0.2, 0.25) is 0 Å². The van der Waals surface area contributed by atoms with Crippen molar-refractivity contribution in [2.45, 2.75) is 13.1 Å². The van der Waals surface area contributed by atoms with Crippen molar-refractivity contribution in [3.63, 3.8) is 0 Å². The molecule has 5 rings (SSSR count). The maximum atomic E-state index is 13.1. The molecule has 1 amide bonds. The van der Waals surface area contributed by atoms with Crippen LogP contribution in [0.3, 0.4) is 0 Å². The molecule has 1 saturated heterocycles. The second-order valence-electron chi connectivity index (χ2n) is 7.63. The van der Waals surface area contributed by atoms with Crippen molar-refractivity contribution in [3.05, 3.63) is 75.5 Å². The lowest BCUT2D eigenvalue weighted by Crippen LogP contribution is -2.49. The summed E-state index contributed by atoms with van der Waals surface area (Å²) in [4.78, 5) is 36.4. The number of carbonyl (C=O) groups excluding carboxylic acids is 1. The van der Waals surface area contributed by atoms with Gasteiger partial charge in [0.25, 0.3) is 5.56 Å². The summed E-state index contributed by atoms with van der Waals surface area (Å²) >= 11 is 3.06. The Morgan fingerprint density at radius 2 is 1.81 bits per heavy atom. The highest BCUT2D eigenvalue weighted by molar-refractivity contribution is 7.18. The van der Waals surface area contributed by atoms with Gasteiger partial charge < -0.3 is 4.90 Å². The number of nitrogens with zero attached hydrogens (tertiary/aromatic N) is 4. The predicted octanol–water partition coefficient (Wildman–Crippen LogP) is 3.53. The van der Waals surface area contributed by atoms with Crippen LogP contribution in [0.15, 0.2) is 64.3 Å². The van der Waals surface area contributed by atoms with E-state index < -0.39 is 0 Å². The molecule has 0 spiro atoms. The van der Waals surface area contributed by atoms with E-state index in [2.05, 4.69) is 34.1 Å². The number of benzene rings is 1. The smallest absolute Gasteiger partial charge is 0.263 e. The Bertz CT molecular complexity index is 1240. The summed E-state index contributed by atoms with van der Waals surface area (Å²) in [6.45, 7) is 3.94. The van der Waals surface area contributed by atoms with E-state index in [1.807, 2.05) is 33.9 Å². The summed E-state index contributed by atoms with van der Waals surface area (Å²) in [6, 6.07) is 14.4. The van der Waals surface area contributed by atoms with E-state index >= 15 is 0 Å². The summed E-state index contributed by atoms with van der Waals surface area (Å²) < 4.78 is 1.45. The molecule has 0 N–H and O–H groups in total. The normalized spacial score (nSPS) is 14.9. The standard InChI is InChI=1S/C23H22N4O2S2/c28-20(26-10-8-25(9-11-26)13-17-5-2-1-3-6-17)14-27-16-24-22-21(23(27)29)18(15-31-22)19-7-4-12-30-19/h1-7,12,15-16H,8-11,13-14H2. The van der Waals surface area contributed by atoms with Crippen molar-refractivity contribution in [2.24, 2.45) is 0 Å². The van der Waals surface area contributed by atoms with E-state index in [-0.39, 0.29) is 18.0 Å². The SMILES string of the molecule is O=C(Cn1cnc2scc(-c3cccs3)c2c1=O)N1CCN(Cc2ccccc2)CC1. The lowest BCUT2D eigenvalue weighted by molar-refractivity contribution is -0.133. The largest absolute Gasteiger partial charge is 0.339 e. The molecule has 6 nitrogen and oxygen atoms in total. The third-order valence-corrected chi connectivity index (χ3v) is 7.42. The number of piperazine rings is 1. The number of hydrogen-bond donors (Lipinski definition) is 0. The van der Waals surface area contributed by atoms with Crippen molar-refractivity contribution in [1.82, 2.24) is 19.4 Å². The minimum Gasteiger partial charge on any atom is -0.339 e. The quantitative estimate of drug-likeness (QED) is 0.467. The summed E-state index contributed by atoms with van der Waals surface area (Å²) in [5, 5.41) is 4.58. The van der Waals surface area contributed by atoms with Crippen LogP contribution < -0.4 is 5.56 Å². The zero-order chi connectivity index (χ0) is 21.2. The fourth-order valence-corrected chi connectivity index (χ4v) is 5.66. The van der Waals surface area contributed by atoms with E-state index in [4.69, 9.17) is 0 Å². The number of hydrogen-bond acceptors (Lipinski definition) is 6. The highest BCUT2D eigenvalue weighted by Gasteiger charge is 2.22. The summed E-state index contributed by atoms with van der Waals surface area (Å²) in [5.41, 5.74) is 2.04. The first-order valence-electron chi connectivity index (χ1n) is 10.2. The minimum atomic E-state index is -0.147. The van der Waals surface area contributed by atoms with Gasteiger partial charge in [-0.25, -0.2) is 4.98 Å². The van der Waals surface area contributed by atoms with Crippen LogP contribution in [0, 0.1) is 0 Å². The number of fused-ring (bicyclic) bond motifs is 1. The van der Waals surface area contributed by atoms with Crippen molar-refractivity contribution >= 4 is 38.8 Å². The highest BCUT2D eigenvalue weighted by atomic mass is 32.1. The second kappa shape index (κ2) is 8.74. The fraction of sp³-hybridized carbons (Fsp3) is 0.261. The van der Waals surface area contributed by atoms with E-state index in [1.165, 1.54) is 27.8 Å². The van der Waals surface area contributed by atoms with Crippen molar-refractivity contribution in [2.75, 3.05) is 26.2 Å². The Balaban J connectivity index is 1.27. The molecule has 0 aliphatic carbocycles. The average Bonchev–Trinajstić information content (AvgIpc) is 3.47. The van der Waals surface area contributed by atoms with Crippen LogP contribution in [-0.4, -0.2) is 51.4 Å². The van der Waals surface area contributed by atoms with Crippen LogP contribution in [0.5, 0.6) is 0 Å². The maximum absolute atomic E-state index is 13.1. The average molecular weight is 451 g/mol. The molecule has 4 heterocycles. The third kappa shape index (κ3) is 4.19. The Kier molecular flexibility index (Phi) is 5.67. The van der Waals surface area contributed by atoms with Gasteiger partial charge in [0.15, 0.2) is 0 Å². The number of thiophene rings is 2. The zero-order valence-electron chi connectivity index (χ0n) is 16.9. The van der Waals surface area contributed by atoms with Crippen LogP contribution in [0.25, 0.3) is 20.7 Å². The number of aromatic nitrogens is 2. The summed E-state index contributed by atoms with van der Waals surface area (Å²) in [6.07, 6.45) is 1.50. The van der Waals surface area contributed by atoms with Crippen LogP contribution >= 0.6 is 22.7 Å². The third-order valence-electron chi connectivity index (χ3n) is 5.63. The van der Waals surface area contributed by atoms with Gasteiger partial charge in [-0.1, -0.05) is 36.4 Å². The summed E-state index contributed by atoms with van der Waals surface area (Å²) in [5.74, 6) is -0.0319. The molecule has 0 atom stereocenters. The van der Waals surface area contributed by atoms with Gasteiger partial charge in [-0.15, -0.1) is 22.7 Å². The molecule has 0 radical (unpaired) electrons. The molecule has 1 aliphatic rings. The van der Waals surface area contributed by atoms with E-state index in [0.29, 0.717) is 23.3 Å². The number of carbonyl (C=O) groups is 1. The van der Waals surface area contributed by atoms with Crippen molar-refractivity contribution < 1.29 is 4.79 Å². The number of rotatable bonds is 5. The molecule has 0 saturated carbocycles. The minimum absolute atomic E-state index is 0.0280. The Morgan fingerprint density at radius 1 is 1.00 bits per heavy atom. The molecule has 1 fully saturated rings. The molecule has 1 aliphatic heterocycles. The van der Waals surface area contributed by atoms with Crippen LogP contribution in [0.1, 0.15) is 5.56 Å². The molecular formula is C23H22N4O2S2. The monoisotopic (exact) mass is 450 g/mol. The first-order chi connectivity index (χ1) is 15.2. The summed E-state index contributed by atoms with van der Waals surface area (Å²) in [7, 11) is 0. The molecule has 0 bridgehead atoms.